The van der Waals surface area contributed by atoms with Gasteiger partial charge in [0.1, 0.15) is 0 Å². The van der Waals surface area contributed by atoms with Crippen LogP contribution in [0.15, 0.2) is 12.5 Å². The van der Waals surface area contributed by atoms with Gasteiger partial charge in [0.2, 0.25) is 0 Å². The van der Waals surface area contributed by atoms with Gasteiger partial charge < -0.3 is 9.67 Å². The van der Waals surface area contributed by atoms with Crippen molar-refractivity contribution in [1.82, 2.24) is 9.55 Å². The van der Waals surface area contributed by atoms with E-state index in [-0.39, 0.29) is 0 Å². The van der Waals surface area contributed by atoms with Crippen molar-refractivity contribution >= 4 is 0 Å². The van der Waals surface area contributed by atoms with E-state index in [0.717, 1.165) is 5.69 Å². The normalized spacial score (nSPS) is 12.8. The Bertz CT molecular complexity index is 322. The fraction of sp³-hybridized carbons (Fsp3) is 0.545. The maximum absolute atomic E-state index is 9.81. The Morgan fingerprint density at radius 2 is 2.36 bits per heavy atom. The van der Waals surface area contributed by atoms with Gasteiger partial charge in [-0.25, -0.2) is 4.98 Å². The van der Waals surface area contributed by atoms with Crippen molar-refractivity contribution in [2.24, 2.45) is 0 Å². The molecule has 0 aliphatic rings. The van der Waals surface area contributed by atoms with Crippen LogP contribution in [0.3, 0.4) is 0 Å². The highest BCUT2D eigenvalue weighted by atomic mass is 16.3. The van der Waals surface area contributed by atoms with Gasteiger partial charge in [0.05, 0.1) is 24.3 Å². The van der Waals surface area contributed by atoms with E-state index in [1.807, 2.05) is 4.57 Å². The molecule has 1 aromatic rings. The van der Waals surface area contributed by atoms with E-state index >= 15 is 0 Å². The molecule has 14 heavy (non-hydrogen) atoms. The molecule has 0 aliphatic heterocycles. The van der Waals surface area contributed by atoms with Crippen molar-refractivity contribution < 1.29 is 5.11 Å². The van der Waals surface area contributed by atoms with Crippen LogP contribution in [0.25, 0.3) is 0 Å². The van der Waals surface area contributed by atoms with Crippen molar-refractivity contribution in [3.8, 4) is 12.3 Å². The van der Waals surface area contributed by atoms with E-state index in [2.05, 4.69) is 24.8 Å². The lowest BCUT2D eigenvalue weighted by atomic mass is 10.1. The molecule has 0 amide bonds. The molecule has 0 aromatic carbocycles. The minimum absolute atomic E-state index is 0.313. The lowest BCUT2D eigenvalue weighted by molar-refractivity contribution is 0.158. The molecule has 0 spiro atoms. The Morgan fingerprint density at radius 1 is 1.64 bits per heavy atom. The van der Waals surface area contributed by atoms with E-state index in [4.69, 9.17) is 6.42 Å². The Kier molecular flexibility index (Phi) is 3.73. The summed E-state index contributed by atoms with van der Waals surface area (Å²) in [7, 11) is 0. The number of hydrogen-bond donors (Lipinski definition) is 1. The number of aromatic nitrogens is 2. The summed E-state index contributed by atoms with van der Waals surface area (Å²) in [6.45, 7) is 4.11. The minimum atomic E-state index is -0.504. The second kappa shape index (κ2) is 4.83. The molecule has 1 unspecified atom stereocenters. The molecule has 0 fully saturated rings. The predicted octanol–water partition coefficient (Wildman–Crippen LogP) is 1.91. The number of aliphatic hydroxyl groups excluding tert-OH is 1. The molecule has 0 aliphatic carbocycles. The zero-order valence-electron chi connectivity index (χ0n) is 8.64. The molecule has 1 aromatic heterocycles. The third-order valence-electron chi connectivity index (χ3n) is 2.16. The second-order valence-corrected chi connectivity index (χ2v) is 3.58. The lowest BCUT2D eigenvalue weighted by Crippen LogP contribution is -2.08. The third kappa shape index (κ3) is 2.36. The van der Waals surface area contributed by atoms with Crippen molar-refractivity contribution in [3.05, 3.63) is 18.2 Å². The van der Waals surface area contributed by atoms with Gasteiger partial charge in [-0.15, -0.1) is 12.3 Å². The predicted molar refractivity (Wildman–Crippen MR) is 55.6 cm³/mol. The van der Waals surface area contributed by atoms with Crippen molar-refractivity contribution in [2.75, 3.05) is 0 Å². The Labute approximate surface area is 84.8 Å². The number of terminal acetylenes is 1. The average Bonchev–Trinajstić information content (AvgIpc) is 2.62. The number of nitrogens with zero attached hydrogens (tertiary/aromatic N) is 2. The standard InChI is InChI=1S/C11H16N2O/c1-4-5-6-11(14)10-7-12-8-13(10)9(2)3/h1,7-9,11,14H,5-6H2,2-3H3. The molecule has 0 saturated heterocycles. The summed E-state index contributed by atoms with van der Waals surface area (Å²) in [5.74, 6) is 2.52. The summed E-state index contributed by atoms with van der Waals surface area (Å²) in [5, 5.41) is 9.81. The summed E-state index contributed by atoms with van der Waals surface area (Å²) in [5.41, 5.74) is 0.843. The van der Waals surface area contributed by atoms with Crippen LogP contribution in [0, 0.1) is 12.3 Å². The maximum Gasteiger partial charge on any atom is 0.0965 e. The SMILES string of the molecule is C#CCCC(O)c1cncn1C(C)C. The zero-order chi connectivity index (χ0) is 10.6. The Balaban J connectivity index is 2.74. The van der Waals surface area contributed by atoms with Gasteiger partial charge in [-0.3, -0.25) is 0 Å². The summed E-state index contributed by atoms with van der Waals surface area (Å²) < 4.78 is 1.96. The van der Waals surface area contributed by atoms with Crippen LogP contribution >= 0.6 is 0 Å². The van der Waals surface area contributed by atoms with Gasteiger partial charge in [-0.05, 0) is 20.3 Å². The molecule has 0 radical (unpaired) electrons. The number of imidazole rings is 1. The van der Waals surface area contributed by atoms with Crippen LogP contribution in [0.4, 0.5) is 0 Å². The van der Waals surface area contributed by atoms with Gasteiger partial charge in [0, 0.05) is 12.5 Å². The van der Waals surface area contributed by atoms with Crippen LogP contribution in [0.5, 0.6) is 0 Å². The van der Waals surface area contributed by atoms with Crippen LogP contribution in [0.2, 0.25) is 0 Å². The minimum Gasteiger partial charge on any atom is -0.387 e. The van der Waals surface area contributed by atoms with E-state index in [1.54, 1.807) is 12.5 Å². The number of rotatable bonds is 4. The van der Waals surface area contributed by atoms with E-state index in [0.29, 0.717) is 18.9 Å². The summed E-state index contributed by atoms with van der Waals surface area (Å²) >= 11 is 0. The first-order chi connectivity index (χ1) is 6.66. The number of hydrogen-bond acceptors (Lipinski definition) is 2. The van der Waals surface area contributed by atoms with Crippen LogP contribution in [-0.2, 0) is 0 Å². The summed E-state index contributed by atoms with van der Waals surface area (Å²) in [4.78, 5) is 4.02. The molecule has 1 heterocycles. The van der Waals surface area contributed by atoms with Gasteiger partial charge in [0.25, 0.3) is 0 Å². The molecule has 0 saturated carbocycles. The molecule has 3 nitrogen and oxygen atoms in total. The smallest absolute Gasteiger partial charge is 0.0965 e. The second-order valence-electron chi connectivity index (χ2n) is 3.58. The molecule has 1 rings (SSSR count). The Morgan fingerprint density at radius 3 is 2.93 bits per heavy atom. The van der Waals surface area contributed by atoms with E-state index < -0.39 is 6.10 Å². The highest BCUT2D eigenvalue weighted by Gasteiger charge is 2.13. The highest BCUT2D eigenvalue weighted by Crippen LogP contribution is 2.20. The summed E-state index contributed by atoms with van der Waals surface area (Å²) in [6, 6.07) is 0.313. The van der Waals surface area contributed by atoms with E-state index in [9.17, 15) is 5.11 Å². The quantitative estimate of drug-likeness (QED) is 0.740. The van der Waals surface area contributed by atoms with E-state index in [1.165, 1.54) is 0 Å². The zero-order valence-corrected chi connectivity index (χ0v) is 8.64. The molecular weight excluding hydrogens is 176 g/mol. The lowest BCUT2D eigenvalue weighted by Gasteiger charge is -2.15. The first-order valence-electron chi connectivity index (χ1n) is 4.80. The fourth-order valence-electron chi connectivity index (χ4n) is 1.37. The number of aliphatic hydroxyl groups is 1. The fourth-order valence-corrected chi connectivity index (χ4v) is 1.37. The Hall–Kier alpha value is -1.27. The van der Waals surface area contributed by atoms with Gasteiger partial charge >= 0.3 is 0 Å². The maximum atomic E-state index is 9.81. The first kappa shape index (κ1) is 10.8. The largest absolute Gasteiger partial charge is 0.387 e. The molecule has 3 heteroatoms. The third-order valence-corrected chi connectivity index (χ3v) is 2.16. The summed E-state index contributed by atoms with van der Waals surface area (Å²) in [6.07, 6.45) is 9.25. The molecule has 1 N–H and O–H groups in total. The first-order valence-corrected chi connectivity index (χ1v) is 4.80. The topological polar surface area (TPSA) is 38.1 Å². The van der Waals surface area contributed by atoms with Crippen molar-refractivity contribution in [1.29, 1.82) is 0 Å². The monoisotopic (exact) mass is 192 g/mol. The van der Waals surface area contributed by atoms with Crippen LogP contribution in [-0.4, -0.2) is 14.7 Å². The van der Waals surface area contributed by atoms with Crippen LogP contribution < -0.4 is 0 Å². The van der Waals surface area contributed by atoms with Gasteiger partial charge in [0.15, 0.2) is 0 Å². The van der Waals surface area contributed by atoms with Crippen molar-refractivity contribution in [3.63, 3.8) is 0 Å². The highest BCUT2D eigenvalue weighted by molar-refractivity contribution is 5.04. The molecular formula is C11H16N2O. The molecule has 1 atom stereocenters. The van der Waals surface area contributed by atoms with Gasteiger partial charge in [-0.2, -0.15) is 0 Å². The van der Waals surface area contributed by atoms with Crippen molar-refractivity contribution in [2.45, 2.75) is 38.8 Å². The average molecular weight is 192 g/mol. The van der Waals surface area contributed by atoms with Gasteiger partial charge in [-0.1, -0.05) is 0 Å². The van der Waals surface area contributed by atoms with Crippen LogP contribution in [0.1, 0.15) is 44.5 Å². The molecule has 76 valence electrons. The molecule has 0 bridgehead atoms.